The Hall–Kier alpha value is -2.37. The highest BCUT2D eigenvalue weighted by atomic mass is 16.4. The van der Waals surface area contributed by atoms with Gasteiger partial charge in [0.2, 0.25) is 0 Å². The maximum atomic E-state index is 11.1. The topological polar surface area (TPSA) is 71.2 Å². The molecule has 3 heterocycles. The van der Waals surface area contributed by atoms with Crippen molar-refractivity contribution in [3.8, 4) is 11.3 Å². The van der Waals surface area contributed by atoms with Crippen LogP contribution in [0.25, 0.3) is 11.3 Å². The Balaban J connectivity index is 1.78. The molecule has 0 spiro atoms. The van der Waals surface area contributed by atoms with E-state index in [1.165, 1.54) is 4.90 Å². The van der Waals surface area contributed by atoms with Crippen LogP contribution in [0, 0.1) is 0 Å². The fraction of sp³-hybridized carbons (Fsp3) is 0.357. The van der Waals surface area contributed by atoms with Crippen molar-refractivity contribution >= 4 is 6.09 Å². The minimum absolute atomic E-state index is 0.169. The molecule has 104 valence electrons. The lowest BCUT2D eigenvalue weighted by molar-refractivity contribution is 0.121. The summed E-state index contributed by atoms with van der Waals surface area (Å²) < 4.78 is 2.02. The van der Waals surface area contributed by atoms with Gasteiger partial charge in [-0.15, -0.1) is 0 Å². The molecule has 1 saturated heterocycles. The van der Waals surface area contributed by atoms with Crippen LogP contribution in [-0.2, 0) is 0 Å². The second kappa shape index (κ2) is 5.32. The highest BCUT2D eigenvalue weighted by Gasteiger charge is 2.24. The Kier molecular flexibility index (Phi) is 3.37. The molecule has 3 rings (SSSR count). The van der Waals surface area contributed by atoms with Crippen molar-refractivity contribution < 1.29 is 9.90 Å². The summed E-state index contributed by atoms with van der Waals surface area (Å²) in [6.45, 7) is 1.15. The number of rotatable bonds is 2. The average molecular weight is 272 g/mol. The number of amides is 1. The highest BCUT2D eigenvalue weighted by molar-refractivity contribution is 5.65. The van der Waals surface area contributed by atoms with Crippen LogP contribution < -0.4 is 0 Å². The standard InChI is InChI=1S/C14H16N4O2/c19-14(20)17-7-1-2-12(8-17)18-9-13(16-10-18)11-3-5-15-6-4-11/h3-6,9-10,12H,1-2,7-8H2,(H,19,20). The van der Waals surface area contributed by atoms with Crippen LogP contribution in [0.4, 0.5) is 4.79 Å². The van der Waals surface area contributed by atoms with Gasteiger partial charge in [-0.1, -0.05) is 0 Å². The molecule has 6 heteroatoms. The Morgan fingerprint density at radius 1 is 1.35 bits per heavy atom. The third-order valence-corrected chi connectivity index (χ3v) is 3.67. The van der Waals surface area contributed by atoms with Crippen LogP contribution in [0.15, 0.2) is 37.1 Å². The Morgan fingerprint density at radius 2 is 2.15 bits per heavy atom. The largest absolute Gasteiger partial charge is 0.465 e. The van der Waals surface area contributed by atoms with E-state index in [4.69, 9.17) is 5.11 Å². The molecule has 6 nitrogen and oxygen atoms in total. The molecule has 2 aromatic heterocycles. The number of carbonyl (C=O) groups is 1. The van der Waals surface area contributed by atoms with Crippen LogP contribution >= 0.6 is 0 Å². The normalized spacial score (nSPS) is 19.0. The SMILES string of the molecule is O=C(O)N1CCCC(n2cnc(-c3ccncc3)c2)C1. The number of carboxylic acid groups (broad SMARTS) is 1. The van der Waals surface area contributed by atoms with Gasteiger partial charge in [-0.3, -0.25) is 4.98 Å². The van der Waals surface area contributed by atoms with Gasteiger partial charge in [-0.2, -0.15) is 0 Å². The van der Waals surface area contributed by atoms with E-state index in [1.807, 2.05) is 22.9 Å². The molecule has 0 radical (unpaired) electrons. The second-order valence-electron chi connectivity index (χ2n) is 4.97. The molecule has 1 amide bonds. The number of nitrogens with zero attached hydrogens (tertiary/aromatic N) is 4. The average Bonchev–Trinajstić information content (AvgIpc) is 2.98. The van der Waals surface area contributed by atoms with Crippen molar-refractivity contribution in [2.75, 3.05) is 13.1 Å². The molecule has 2 aromatic rings. The van der Waals surface area contributed by atoms with E-state index in [0.717, 1.165) is 24.1 Å². The monoisotopic (exact) mass is 272 g/mol. The summed E-state index contributed by atoms with van der Waals surface area (Å²) in [5, 5.41) is 9.08. The molecule has 1 aliphatic heterocycles. The van der Waals surface area contributed by atoms with Crippen LogP contribution in [0.1, 0.15) is 18.9 Å². The number of piperidine rings is 1. The number of pyridine rings is 1. The molecule has 0 bridgehead atoms. The first-order chi connectivity index (χ1) is 9.74. The minimum Gasteiger partial charge on any atom is -0.465 e. The van der Waals surface area contributed by atoms with Gasteiger partial charge in [-0.05, 0) is 25.0 Å². The quantitative estimate of drug-likeness (QED) is 0.910. The predicted molar refractivity (Wildman–Crippen MR) is 73.3 cm³/mol. The zero-order chi connectivity index (χ0) is 13.9. The summed E-state index contributed by atoms with van der Waals surface area (Å²) in [7, 11) is 0. The van der Waals surface area contributed by atoms with E-state index >= 15 is 0 Å². The van der Waals surface area contributed by atoms with Crippen molar-refractivity contribution in [2.45, 2.75) is 18.9 Å². The summed E-state index contributed by atoms with van der Waals surface area (Å²) in [5.74, 6) is 0. The van der Waals surface area contributed by atoms with Crippen LogP contribution in [0.5, 0.6) is 0 Å². The third kappa shape index (κ3) is 2.49. The van der Waals surface area contributed by atoms with Crippen LogP contribution in [0.2, 0.25) is 0 Å². The lowest BCUT2D eigenvalue weighted by atomic mass is 10.1. The third-order valence-electron chi connectivity index (χ3n) is 3.67. The zero-order valence-electron chi connectivity index (χ0n) is 11.0. The van der Waals surface area contributed by atoms with Gasteiger partial charge in [0, 0.05) is 37.2 Å². The van der Waals surface area contributed by atoms with E-state index < -0.39 is 6.09 Å². The van der Waals surface area contributed by atoms with Gasteiger partial charge in [0.1, 0.15) is 0 Å². The molecule has 1 aliphatic rings. The first-order valence-corrected chi connectivity index (χ1v) is 6.66. The lowest BCUT2D eigenvalue weighted by Gasteiger charge is -2.31. The molecule has 0 aromatic carbocycles. The van der Waals surface area contributed by atoms with Crippen molar-refractivity contribution in [1.82, 2.24) is 19.4 Å². The first kappa shape index (κ1) is 12.7. The van der Waals surface area contributed by atoms with Gasteiger partial charge >= 0.3 is 6.09 Å². The highest BCUT2D eigenvalue weighted by Crippen LogP contribution is 2.24. The van der Waals surface area contributed by atoms with E-state index in [1.54, 1.807) is 18.7 Å². The Labute approximate surface area is 116 Å². The molecular weight excluding hydrogens is 256 g/mol. The van der Waals surface area contributed by atoms with E-state index in [2.05, 4.69) is 9.97 Å². The number of aromatic nitrogens is 3. The van der Waals surface area contributed by atoms with Crippen molar-refractivity contribution in [3.05, 3.63) is 37.1 Å². The van der Waals surface area contributed by atoms with Crippen molar-refractivity contribution in [3.63, 3.8) is 0 Å². The number of hydrogen-bond donors (Lipinski definition) is 1. The molecular formula is C14H16N4O2. The molecule has 0 aliphatic carbocycles. The summed E-state index contributed by atoms with van der Waals surface area (Å²) in [5.41, 5.74) is 1.91. The van der Waals surface area contributed by atoms with E-state index in [0.29, 0.717) is 13.1 Å². The van der Waals surface area contributed by atoms with Gasteiger partial charge in [-0.25, -0.2) is 9.78 Å². The summed E-state index contributed by atoms with van der Waals surface area (Å²) in [6.07, 6.45) is 8.26. The first-order valence-electron chi connectivity index (χ1n) is 6.66. The van der Waals surface area contributed by atoms with Gasteiger partial charge in [0.15, 0.2) is 0 Å². The lowest BCUT2D eigenvalue weighted by Crippen LogP contribution is -2.39. The maximum absolute atomic E-state index is 11.1. The molecule has 1 atom stereocenters. The van der Waals surface area contributed by atoms with Crippen LogP contribution in [0.3, 0.4) is 0 Å². The van der Waals surface area contributed by atoms with E-state index in [-0.39, 0.29) is 6.04 Å². The van der Waals surface area contributed by atoms with E-state index in [9.17, 15) is 4.79 Å². The molecule has 1 unspecified atom stereocenters. The predicted octanol–water partition coefficient (Wildman–Crippen LogP) is 2.26. The second-order valence-corrected chi connectivity index (χ2v) is 4.97. The van der Waals surface area contributed by atoms with Gasteiger partial charge in [0.25, 0.3) is 0 Å². The Bertz CT molecular complexity index is 596. The van der Waals surface area contributed by atoms with Crippen molar-refractivity contribution in [1.29, 1.82) is 0 Å². The molecule has 1 N–H and O–H groups in total. The van der Waals surface area contributed by atoms with Gasteiger partial charge < -0.3 is 14.6 Å². The summed E-state index contributed by atoms with van der Waals surface area (Å²) in [4.78, 5) is 20.9. The minimum atomic E-state index is -0.843. The van der Waals surface area contributed by atoms with Crippen molar-refractivity contribution in [2.24, 2.45) is 0 Å². The zero-order valence-corrected chi connectivity index (χ0v) is 11.0. The number of imidazole rings is 1. The summed E-state index contributed by atoms with van der Waals surface area (Å²) >= 11 is 0. The number of likely N-dealkylation sites (tertiary alicyclic amines) is 1. The molecule has 0 saturated carbocycles. The fourth-order valence-corrected chi connectivity index (χ4v) is 2.58. The fourth-order valence-electron chi connectivity index (χ4n) is 2.58. The summed E-state index contributed by atoms with van der Waals surface area (Å²) in [6, 6.07) is 4.00. The smallest absolute Gasteiger partial charge is 0.407 e. The van der Waals surface area contributed by atoms with Gasteiger partial charge in [0.05, 0.1) is 18.1 Å². The Morgan fingerprint density at radius 3 is 2.90 bits per heavy atom. The van der Waals surface area contributed by atoms with Crippen LogP contribution in [-0.4, -0.2) is 43.7 Å². The number of hydrogen-bond acceptors (Lipinski definition) is 3. The maximum Gasteiger partial charge on any atom is 0.407 e. The molecule has 20 heavy (non-hydrogen) atoms. The molecule has 1 fully saturated rings.